The van der Waals surface area contributed by atoms with Crippen LogP contribution < -0.4 is 5.32 Å². The molecule has 0 unspecified atom stereocenters. The van der Waals surface area contributed by atoms with Crippen LogP contribution in [-0.2, 0) is 0 Å². The minimum atomic E-state index is -1.38. The SMILES string of the molecule is C[Si](C)(C)C#Cc1ccccc1Nc1ncccn1. The van der Waals surface area contributed by atoms with Crippen LogP contribution in [0.25, 0.3) is 0 Å². The van der Waals surface area contributed by atoms with Gasteiger partial charge in [-0.2, -0.15) is 0 Å². The van der Waals surface area contributed by atoms with E-state index in [0.29, 0.717) is 5.95 Å². The predicted octanol–water partition coefficient (Wildman–Crippen LogP) is 3.45. The molecule has 0 fully saturated rings. The molecular formula is C15H17N3Si. The van der Waals surface area contributed by atoms with Gasteiger partial charge in [0.15, 0.2) is 0 Å². The predicted molar refractivity (Wildman–Crippen MR) is 82.0 cm³/mol. The number of benzene rings is 1. The number of para-hydroxylation sites is 1. The van der Waals surface area contributed by atoms with Crippen LogP contribution in [0.15, 0.2) is 42.7 Å². The Morgan fingerprint density at radius 1 is 1.00 bits per heavy atom. The van der Waals surface area contributed by atoms with Gasteiger partial charge in [-0.3, -0.25) is 0 Å². The summed E-state index contributed by atoms with van der Waals surface area (Å²) < 4.78 is 0. The lowest BCUT2D eigenvalue weighted by Crippen LogP contribution is -2.16. The summed E-state index contributed by atoms with van der Waals surface area (Å²) in [5, 5.41) is 3.20. The second kappa shape index (κ2) is 5.68. The maximum Gasteiger partial charge on any atom is 0.227 e. The molecule has 3 nitrogen and oxygen atoms in total. The molecule has 0 radical (unpaired) electrons. The van der Waals surface area contributed by atoms with Crippen molar-refractivity contribution in [3.63, 3.8) is 0 Å². The molecule has 0 saturated heterocycles. The van der Waals surface area contributed by atoms with Gasteiger partial charge in [-0.25, -0.2) is 9.97 Å². The Morgan fingerprint density at radius 2 is 1.68 bits per heavy atom. The first-order valence-corrected chi connectivity index (χ1v) is 9.71. The number of anilines is 2. The molecule has 0 spiro atoms. The summed E-state index contributed by atoms with van der Waals surface area (Å²) in [7, 11) is -1.38. The van der Waals surface area contributed by atoms with Crippen molar-refractivity contribution < 1.29 is 0 Å². The van der Waals surface area contributed by atoms with Gasteiger partial charge in [0.25, 0.3) is 0 Å². The van der Waals surface area contributed by atoms with E-state index in [0.717, 1.165) is 11.3 Å². The summed E-state index contributed by atoms with van der Waals surface area (Å²) in [4.78, 5) is 8.32. The molecule has 0 saturated carbocycles. The van der Waals surface area contributed by atoms with E-state index in [1.807, 2.05) is 24.3 Å². The van der Waals surface area contributed by atoms with E-state index in [9.17, 15) is 0 Å². The van der Waals surface area contributed by atoms with Crippen LogP contribution in [-0.4, -0.2) is 18.0 Å². The Labute approximate surface area is 115 Å². The average Bonchev–Trinajstić information content (AvgIpc) is 2.38. The first-order valence-electron chi connectivity index (χ1n) is 6.21. The highest BCUT2D eigenvalue weighted by Gasteiger charge is 2.08. The number of nitrogens with one attached hydrogen (secondary N) is 1. The lowest BCUT2D eigenvalue weighted by molar-refractivity contribution is 1.17. The van der Waals surface area contributed by atoms with Gasteiger partial charge in [0.05, 0.1) is 5.69 Å². The zero-order chi connectivity index (χ0) is 13.7. The largest absolute Gasteiger partial charge is 0.323 e. The van der Waals surface area contributed by atoms with Crippen LogP contribution in [0.2, 0.25) is 19.6 Å². The molecular weight excluding hydrogens is 250 g/mol. The smallest absolute Gasteiger partial charge is 0.227 e. The molecule has 1 aromatic heterocycles. The van der Waals surface area contributed by atoms with Crippen molar-refractivity contribution in [1.82, 2.24) is 9.97 Å². The minimum Gasteiger partial charge on any atom is -0.323 e. The maximum absolute atomic E-state index is 4.16. The Kier molecular flexibility index (Phi) is 3.98. The molecule has 0 aliphatic rings. The Morgan fingerprint density at radius 3 is 2.37 bits per heavy atom. The molecule has 0 aliphatic carbocycles. The normalized spacial score (nSPS) is 10.5. The van der Waals surface area contributed by atoms with E-state index in [-0.39, 0.29) is 0 Å². The summed E-state index contributed by atoms with van der Waals surface area (Å²) in [6, 6.07) is 9.77. The summed E-state index contributed by atoms with van der Waals surface area (Å²) in [6.07, 6.45) is 3.43. The summed E-state index contributed by atoms with van der Waals surface area (Å²) in [6.45, 7) is 6.70. The van der Waals surface area contributed by atoms with Gasteiger partial charge < -0.3 is 5.32 Å². The number of hydrogen-bond acceptors (Lipinski definition) is 3. The Hall–Kier alpha value is -2.12. The van der Waals surface area contributed by atoms with Crippen LogP contribution in [0, 0.1) is 11.5 Å². The third-order valence-electron chi connectivity index (χ3n) is 2.31. The summed E-state index contributed by atoms with van der Waals surface area (Å²) in [5.74, 6) is 3.85. The first-order chi connectivity index (χ1) is 9.04. The highest BCUT2D eigenvalue weighted by atomic mass is 28.3. The van der Waals surface area contributed by atoms with Gasteiger partial charge in [-0.1, -0.05) is 37.7 Å². The van der Waals surface area contributed by atoms with Gasteiger partial charge in [-0.05, 0) is 18.2 Å². The second-order valence-electron chi connectivity index (χ2n) is 5.24. The van der Waals surface area contributed by atoms with Crippen molar-refractivity contribution in [2.45, 2.75) is 19.6 Å². The molecule has 19 heavy (non-hydrogen) atoms. The van der Waals surface area contributed by atoms with E-state index in [1.165, 1.54) is 0 Å². The second-order valence-corrected chi connectivity index (χ2v) is 9.99. The van der Waals surface area contributed by atoms with E-state index >= 15 is 0 Å². The molecule has 0 atom stereocenters. The van der Waals surface area contributed by atoms with Gasteiger partial charge in [-0.15, -0.1) is 5.54 Å². The average molecular weight is 267 g/mol. The molecule has 0 aliphatic heterocycles. The topological polar surface area (TPSA) is 37.8 Å². The zero-order valence-electron chi connectivity index (χ0n) is 11.4. The number of rotatable bonds is 2. The lowest BCUT2D eigenvalue weighted by Gasteiger charge is -2.07. The highest BCUT2D eigenvalue weighted by Crippen LogP contribution is 2.17. The maximum atomic E-state index is 4.16. The van der Waals surface area contributed by atoms with E-state index < -0.39 is 8.07 Å². The fourth-order valence-corrected chi connectivity index (χ4v) is 1.95. The van der Waals surface area contributed by atoms with Gasteiger partial charge in [0.1, 0.15) is 8.07 Å². The molecule has 1 aromatic carbocycles. The van der Waals surface area contributed by atoms with Crippen molar-refractivity contribution in [2.75, 3.05) is 5.32 Å². The number of nitrogens with zero attached hydrogens (tertiary/aromatic N) is 2. The van der Waals surface area contributed by atoms with Crippen LogP contribution in [0.3, 0.4) is 0 Å². The third kappa shape index (κ3) is 4.23. The molecule has 0 amide bonds. The number of aromatic nitrogens is 2. The fraction of sp³-hybridized carbons (Fsp3) is 0.200. The van der Waals surface area contributed by atoms with E-state index in [1.54, 1.807) is 18.5 Å². The Balaban J connectivity index is 2.29. The van der Waals surface area contributed by atoms with E-state index in [2.05, 4.69) is 46.4 Å². The molecule has 1 N–H and O–H groups in total. The molecule has 2 aromatic rings. The molecule has 4 heteroatoms. The van der Waals surface area contributed by atoms with Crippen molar-refractivity contribution in [2.24, 2.45) is 0 Å². The standard InChI is InChI=1S/C15H17N3Si/c1-19(2,3)12-9-13-7-4-5-8-14(13)18-15-16-10-6-11-17-15/h4-8,10-11H,1-3H3,(H,16,17,18). The Bertz CT molecular complexity index is 607. The van der Waals surface area contributed by atoms with Crippen LogP contribution in [0.1, 0.15) is 5.56 Å². The molecule has 96 valence electrons. The fourth-order valence-electron chi connectivity index (χ4n) is 1.44. The first kappa shape index (κ1) is 13.3. The van der Waals surface area contributed by atoms with Crippen LogP contribution >= 0.6 is 0 Å². The van der Waals surface area contributed by atoms with Crippen molar-refractivity contribution >= 4 is 19.7 Å². The van der Waals surface area contributed by atoms with Crippen molar-refractivity contribution in [3.05, 3.63) is 48.3 Å². The summed E-state index contributed by atoms with van der Waals surface area (Å²) >= 11 is 0. The molecule has 0 bridgehead atoms. The van der Waals surface area contributed by atoms with Crippen LogP contribution in [0.5, 0.6) is 0 Å². The third-order valence-corrected chi connectivity index (χ3v) is 3.19. The monoisotopic (exact) mass is 267 g/mol. The summed E-state index contributed by atoms with van der Waals surface area (Å²) in [5.41, 5.74) is 5.30. The minimum absolute atomic E-state index is 0.588. The lowest BCUT2D eigenvalue weighted by atomic mass is 10.2. The zero-order valence-corrected chi connectivity index (χ0v) is 12.4. The van der Waals surface area contributed by atoms with Gasteiger partial charge >= 0.3 is 0 Å². The number of hydrogen-bond donors (Lipinski definition) is 1. The van der Waals surface area contributed by atoms with Crippen molar-refractivity contribution in [1.29, 1.82) is 0 Å². The van der Waals surface area contributed by atoms with E-state index in [4.69, 9.17) is 0 Å². The van der Waals surface area contributed by atoms with Gasteiger partial charge in [0, 0.05) is 18.0 Å². The highest BCUT2D eigenvalue weighted by molar-refractivity contribution is 6.83. The van der Waals surface area contributed by atoms with Crippen molar-refractivity contribution in [3.8, 4) is 11.5 Å². The van der Waals surface area contributed by atoms with Gasteiger partial charge in [0.2, 0.25) is 5.95 Å². The molecule has 1 heterocycles. The quantitative estimate of drug-likeness (QED) is 0.669. The van der Waals surface area contributed by atoms with Crippen LogP contribution in [0.4, 0.5) is 11.6 Å². The molecule has 2 rings (SSSR count).